The van der Waals surface area contributed by atoms with Crippen LogP contribution in [0.5, 0.6) is 11.5 Å². The Kier molecular flexibility index (Phi) is 8.22. The Bertz CT molecular complexity index is 1740. The third-order valence-corrected chi connectivity index (χ3v) is 7.64. The van der Waals surface area contributed by atoms with Gasteiger partial charge in [0.2, 0.25) is 11.3 Å². The van der Waals surface area contributed by atoms with Crippen molar-refractivity contribution in [3.05, 3.63) is 98.3 Å². The zero-order valence-electron chi connectivity index (χ0n) is 23.4. The van der Waals surface area contributed by atoms with E-state index in [-0.39, 0.29) is 42.6 Å². The number of likely N-dealkylation sites (N-methyl/N-ethyl adjacent to an activating group) is 2. The molecule has 11 heteroatoms. The van der Waals surface area contributed by atoms with Crippen molar-refractivity contribution in [3.63, 3.8) is 0 Å². The number of nitrogens with zero attached hydrogens (tertiary/aromatic N) is 3. The molecule has 0 spiro atoms. The minimum atomic E-state index is -0.874. The Morgan fingerprint density at radius 3 is 2.57 bits per heavy atom. The second-order valence-corrected chi connectivity index (χ2v) is 10.9. The second kappa shape index (κ2) is 11.8. The van der Waals surface area contributed by atoms with Crippen molar-refractivity contribution in [1.82, 2.24) is 14.8 Å². The molecule has 1 aliphatic heterocycles. The first-order chi connectivity index (χ1) is 20.0. The van der Waals surface area contributed by atoms with E-state index in [1.807, 2.05) is 18.0 Å². The van der Waals surface area contributed by atoms with Gasteiger partial charge in [-0.05, 0) is 60.1 Å². The lowest BCUT2D eigenvalue weighted by molar-refractivity contribution is -0.119. The maximum absolute atomic E-state index is 13.7. The number of halogens is 1. The van der Waals surface area contributed by atoms with Crippen molar-refractivity contribution in [3.8, 4) is 11.5 Å². The summed E-state index contributed by atoms with van der Waals surface area (Å²) in [7, 11) is 4.92. The number of hydrogen-bond acceptors (Lipinski definition) is 7. The number of hydrogen-bond donors (Lipinski definition) is 3. The molecule has 0 saturated heterocycles. The van der Waals surface area contributed by atoms with Gasteiger partial charge in [0, 0.05) is 43.3 Å². The van der Waals surface area contributed by atoms with Gasteiger partial charge in [0.05, 0.1) is 24.4 Å². The molecule has 42 heavy (non-hydrogen) atoms. The van der Waals surface area contributed by atoms with Crippen LogP contribution in [0.25, 0.3) is 10.9 Å². The first-order valence-corrected chi connectivity index (χ1v) is 13.7. The van der Waals surface area contributed by atoms with E-state index < -0.39 is 17.4 Å². The van der Waals surface area contributed by atoms with Gasteiger partial charge < -0.3 is 29.7 Å². The molecule has 0 unspecified atom stereocenters. The van der Waals surface area contributed by atoms with Crippen LogP contribution < -0.4 is 20.4 Å². The fourth-order valence-corrected chi connectivity index (χ4v) is 5.28. The monoisotopic (exact) mass is 590 g/mol. The Morgan fingerprint density at radius 1 is 1.12 bits per heavy atom. The summed E-state index contributed by atoms with van der Waals surface area (Å²) in [6, 6.07) is 15.3. The van der Waals surface area contributed by atoms with E-state index in [0.717, 1.165) is 11.1 Å². The predicted molar refractivity (Wildman–Crippen MR) is 160 cm³/mol. The van der Waals surface area contributed by atoms with Gasteiger partial charge in [0.25, 0.3) is 5.91 Å². The first kappa shape index (κ1) is 29.1. The minimum Gasteiger partial charge on any atom is -0.504 e. The minimum absolute atomic E-state index is 0.000716. The van der Waals surface area contributed by atoms with Gasteiger partial charge in [0.15, 0.2) is 11.5 Å². The molecule has 5 rings (SSSR count). The number of phenols is 1. The second-order valence-electron chi connectivity index (χ2n) is 10.4. The largest absolute Gasteiger partial charge is 0.504 e. The number of ether oxygens (including phenoxy) is 1. The lowest BCUT2D eigenvalue weighted by Crippen LogP contribution is -2.37. The summed E-state index contributed by atoms with van der Waals surface area (Å²) >= 11 is 5.94. The van der Waals surface area contributed by atoms with Crippen LogP contribution in [0, 0.1) is 0 Å². The van der Waals surface area contributed by atoms with Crippen LogP contribution in [0.1, 0.15) is 33.2 Å². The van der Waals surface area contributed by atoms with Gasteiger partial charge in [-0.3, -0.25) is 19.3 Å². The molecule has 0 aliphatic carbocycles. The van der Waals surface area contributed by atoms with E-state index in [1.54, 1.807) is 54.1 Å². The number of pyridine rings is 1. The van der Waals surface area contributed by atoms with Crippen molar-refractivity contribution in [2.24, 2.45) is 0 Å². The molecular formula is C31H31ClN4O6. The van der Waals surface area contributed by atoms with Crippen LogP contribution in [0.3, 0.4) is 0 Å². The van der Waals surface area contributed by atoms with Crippen LogP contribution in [0.15, 0.2) is 65.6 Å². The Balaban J connectivity index is 1.43. The lowest BCUT2D eigenvalue weighted by atomic mass is 10.0. The summed E-state index contributed by atoms with van der Waals surface area (Å²) in [4.78, 5) is 43.1. The lowest BCUT2D eigenvalue weighted by Gasteiger charge is -2.29. The van der Waals surface area contributed by atoms with E-state index in [1.165, 1.54) is 24.3 Å². The fourth-order valence-electron chi connectivity index (χ4n) is 5.15. The highest BCUT2D eigenvalue weighted by atomic mass is 35.5. The maximum Gasteiger partial charge on any atom is 0.257 e. The maximum atomic E-state index is 13.7. The summed E-state index contributed by atoms with van der Waals surface area (Å²) in [6.45, 7) is 0.802. The van der Waals surface area contributed by atoms with Crippen molar-refractivity contribution in [2.45, 2.75) is 25.7 Å². The zero-order chi connectivity index (χ0) is 30.1. The molecule has 4 aromatic rings. The number of methoxy groups -OCH3 is 1. The normalized spacial score (nSPS) is 13.5. The number of rotatable bonds is 9. The average Bonchev–Trinajstić information content (AvgIpc) is 2.96. The fraction of sp³-hybridized carbons (Fsp3) is 0.258. The topological polar surface area (TPSA) is 124 Å². The van der Waals surface area contributed by atoms with Crippen LogP contribution in [-0.2, 0) is 24.4 Å². The Morgan fingerprint density at radius 2 is 1.86 bits per heavy atom. The van der Waals surface area contributed by atoms with Gasteiger partial charge in [-0.1, -0.05) is 29.8 Å². The van der Waals surface area contributed by atoms with Crippen LogP contribution in [0.2, 0.25) is 5.02 Å². The standard InChI is InChI=1S/C31H31ClN4O6/c1-34(16-26(38)20-6-9-25(37)27(12-20)42-3)14-19-10-22-29-24(11-19)35(2)28(39)17-36(29)15-23(30(22)40)31(41)33-13-18-4-7-21(32)8-5-18/h4-12,15,26,37-38H,13-14,16-17H2,1-3H3,(H,33,41)/t26-/m1/s1. The molecular weight excluding hydrogens is 560 g/mol. The molecule has 0 radical (unpaired) electrons. The van der Waals surface area contributed by atoms with Crippen molar-refractivity contribution in [2.75, 3.05) is 32.6 Å². The summed E-state index contributed by atoms with van der Waals surface area (Å²) in [6.07, 6.45) is 0.574. The van der Waals surface area contributed by atoms with Gasteiger partial charge in [-0.2, -0.15) is 0 Å². The van der Waals surface area contributed by atoms with Gasteiger partial charge >= 0.3 is 0 Å². The number of nitrogens with one attached hydrogen (secondary N) is 1. The molecule has 1 atom stereocenters. The molecule has 1 aromatic heterocycles. The average molecular weight is 591 g/mol. The number of aliphatic hydroxyl groups is 1. The molecule has 3 N–H and O–H groups in total. The summed E-state index contributed by atoms with van der Waals surface area (Å²) in [5, 5.41) is 24.4. The number of anilines is 1. The first-order valence-electron chi connectivity index (χ1n) is 13.3. The van der Waals surface area contributed by atoms with E-state index in [4.69, 9.17) is 16.3 Å². The highest BCUT2D eigenvalue weighted by Crippen LogP contribution is 2.32. The summed E-state index contributed by atoms with van der Waals surface area (Å²) < 4.78 is 6.80. The van der Waals surface area contributed by atoms with E-state index in [9.17, 15) is 24.6 Å². The van der Waals surface area contributed by atoms with Crippen molar-refractivity contribution < 1.29 is 24.5 Å². The molecule has 3 aromatic carbocycles. The molecule has 10 nitrogen and oxygen atoms in total. The molecule has 1 aliphatic rings. The SMILES string of the molecule is COc1cc([C@H](O)CN(C)Cc2cc3c4c(c2)c(=O)c(C(=O)NCc2ccc(Cl)cc2)cn4CC(=O)N3C)ccc1O. The van der Waals surface area contributed by atoms with E-state index in [2.05, 4.69) is 5.32 Å². The Labute approximate surface area is 247 Å². The van der Waals surface area contributed by atoms with Crippen LogP contribution in [0.4, 0.5) is 5.69 Å². The quantitative estimate of drug-likeness (QED) is 0.273. The van der Waals surface area contributed by atoms with Gasteiger partial charge in [-0.15, -0.1) is 0 Å². The van der Waals surface area contributed by atoms with Crippen molar-refractivity contribution >= 4 is 40.0 Å². The highest BCUT2D eigenvalue weighted by Gasteiger charge is 2.27. The summed E-state index contributed by atoms with van der Waals surface area (Å²) in [5.74, 6) is -0.472. The Hall–Kier alpha value is -4.38. The van der Waals surface area contributed by atoms with E-state index in [0.29, 0.717) is 33.7 Å². The highest BCUT2D eigenvalue weighted by molar-refractivity contribution is 6.30. The number of benzene rings is 3. The predicted octanol–water partition coefficient (Wildman–Crippen LogP) is 3.44. The number of aromatic nitrogens is 1. The van der Waals surface area contributed by atoms with Gasteiger partial charge in [-0.25, -0.2) is 0 Å². The summed E-state index contributed by atoms with van der Waals surface area (Å²) in [5.41, 5.74) is 2.81. The number of carbonyl (C=O) groups excluding carboxylic acids is 2. The molecule has 2 heterocycles. The molecule has 0 bridgehead atoms. The molecule has 2 amide bonds. The van der Waals surface area contributed by atoms with Crippen LogP contribution in [-0.4, -0.2) is 59.2 Å². The third-order valence-electron chi connectivity index (χ3n) is 7.39. The smallest absolute Gasteiger partial charge is 0.257 e. The molecule has 218 valence electrons. The molecule has 0 saturated carbocycles. The van der Waals surface area contributed by atoms with Gasteiger partial charge in [0.1, 0.15) is 12.1 Å². The number of amides is 2. The number of aromatic hydroxyl groups is 1. The number of carbonyl (C=O) groups is 2. The number of aliphatic hydroxyl groups excluding tert-OH is 1. The van der Waals surface area contributed by atoms with Crippen LogP contribution >= 0.6 is 11.6 Å². The zero-order valence-corrected chi connectivity index (χ0v) is 24.2. The third kappa shape index (κ3) is 5.82. The number of phenolic OH excluding ortho intramolecular Hbond substituents is 1. The van der Waals surface area contributed by atoms with Crippen molar-refractivity contribution in [1.29, 1.82) is 0 Å². The molecule has 0 fully saturated rings. The van der Waals surface area contributed by atoms with E-state index >= 15 is 0 Å².